The van der Waals surface area contributed by atoms with Gasteiger partial charge < -0.3 is 14.5 Å². The van der Waals surface area contributed by atoms with E-state index in [1.165, 1.54) is 29.2 Å². The molecule has 0 aromatic heterocycles. The Morgan fingerprint density at radius 2 is 1.64 bits per heavy atom. The average Bonchev–Trinajstić information content (AvgIpc) is 2.74. The van der Waals surface area contributed by atoms with E-state index in [1.807, 2.05) is 49.3 Å². The van der Waals surface area contributed by atoms with Gasteiger partial charge in [0.2, 0.25) is 10.0 Å². The van der Waals surface area contributed by atoms with Gasteiger partial charge in [0.15, 0.2) is 0 Å². The summed E-state index contributed by atoms with van der Waals surface area (Å²) in [5.74, 6) is -0.967. The summed E-state index contributed by atoms with van der Waals surface area (Å²) < 4.78 is 33.5. The predicted octanol–water partition coefficient (Wildman–Crippen LogP) is 2.51. The number of ether oxygens (including phenoxy) is 1. The van der Waals surface area contributed by atoms with Crippen molar-refractivity contribution in [3.8, 4) is 0 Å². The highest BCUT2D eigenvalue weighted by molar-refractivity contribution is 7.89. The van der Waals surface area contributed by atoms with E-state index in [0.29, 0.717) is 6.54 Å². The van der Waals surface area contributed by atoms with Crippen LogP contribution in [-0.2, 0) is 26.1 Å². The van der Waals surface area contributed by atoms with Crippen LogP contribution in [0.25, 0.3) is 0 Å². The Bertz CT molecular complexity index is 1050. The lowest BCUT2D eigenvalue weighted by atomic mass is 10.2. The van der Waals surface area contributed by atoms with Crippen LogP contribution in [0.4, 0.5) is 0 Å². The lowest BCUT2D eigenvalue weighted by molar-refractivity contribution is -0.155. The van der Waals surface area contributed by atoms with Crippen molar-refractivity contribution in [2.75, 3.05) is 33.7 Å². The zero-order chi connectivity index (χ0) is 24.6. The van der Waals surface area contributed by atoms with E-state index < -0.39 is 27.5 Å². The highest BCUT2D eigenvalue weighted by Gasteiger charge is 2.24. The quantitative estimate of drug-likeness (QED) is 0.531. The summed E-state index contributed by atoms with van der Waals surface area (Å²) in [6.45, 7) is 6.00. The van der Waals surface area contributed by atoms with Crippen LogP contribution in [0.2, 0.25) is 0 Å². The topological polar surface area (TPSA) is 96.0 Å². The summed E-state index contributed by atoms with van der Waals surface area (Å²) in [6, 6.07) is 15.0. The third kappa shape index (κ3) is 8.95. The second kappa shape index (κ2) is 11.4. The maximum absolute atomic E-state index is 13.2. The lowest BCUT2D eigenvalue weighted by Gasteiger charge is -2.26. The molecule has 0 heterocycles. The number of hydrogen-bond donors (Lipinski definition) is 1. The highest BCUT2D eigenvalue weighted by atomic mass is 32.2. The molecule has 0 bridgehead atoms. The van der Waals surface area contributed by atoms with Crippen molar-refractivity contribution in [3.63, 3.8) is 0 Å². The number of nitrogens with zero attached hydrogens (tertiary/aromatic N) is 2. The summed E-state index contributed by atoms with van der Waals surface area (Å²) >= 11 is 0. The molecule has 9 heteroatoms. The molecule has 0 aliphatic heterocycles. The van der Waals surface area contributed by atoms with Crippen LogP contribution in [0.1, 0.15) is 36.7 Å². The molecule has 2 aromatic rings. The minimum absolute atomic E-state index is 0.0193. The molecule has 0 radical (unpaired) electrons. The molecular weight excluding hydrogens is 442 g/mol. The molecule has 0 spiro atoms. The number of carbonyl (C=O) groups is 2. The summed E-state index contributed by atoms with van der Waals surface area (Å²) in [5, 5.41) is 0. The Morgan fingerprint density at radius 1 is 0.970 bits per heavy atom. The van der Waals surface area contributed by atoms with Crippen LogP contribution in [0.3, 0.4) is 0 Å². The van der Waals surface area contributed by atoms with Gasteiger partial charge in [-0.25, -0.2) is 13.1 Å². The molecule has 0 saturated carbocycles. The van der Waals surface area contributed by atoms with E-state index in [4.69, 9.17) is 4.74 Å². The minimum atomic E-state index is -3.83. The van der Waals surface area contributed by atoms with Gasteiger partial charge in [-0.1, -0.05) is 36.4 Å². The second-order valence-electron chi connectivity index (χ2n) is 8.95. The molecule has 33 heavy (non-hydrogen) atoms. The number of sulfonamides is 1. The highest BCUT2D eigenvalue weighted by Crippen LogP contribution is 2.15. The van der Waals surface area contributed by atoms with Crippen LogP contribution in [0, 0.1) is 0 Å². The van der Waals surface area contributed by atoms with E-state index in [0.717, 1.165) is 5.56 Å². The number of benzene rings is 2. The predicted molar refractivity (Wildman–Crippen MR) is 127 cm³/mol. The van der Waals surface area contributed by atoms with Gasteiger partial charge in [0.25, 0.3) is 5.91 Å². The molecule has 0 fully saturated rings. The van der Waals surface area contributed by atoms with Gasteiger partial charge in [0.1, 0.15) is 12.1 Å². The number of hydrogen-bond acceptors (Lipinski definition) is 6. The van der Waals surface area contributed by atoms with Crippen LogP contribution in [-0.4, -0.2) is 69.4 Å². The zero-order valence-electron chi connectivity index (χ0n) is 19.9. The molecule has 0 saturated heterocycles. The Labute approximate surface area is 196 Å². The number of esters is 1. The number of rotatable bonds is 10. The van der Waals surface area contributed by atoms with Crippen molar-refractivity contribution in [1.29, 1.82) is 0 Å². The monoisotopic (exact) mass is 475 g/mol. The first-order chi connectivity index (χ1) is 15.4. The van der Waals surface area contributed by atoms with Gasteiger partial charge in [-0.3, -0.25) is 9.59 Å². The third-order valence-corrected chi connectivity index (χ3v) is 5.94. The average molecular weight is 476 g/mol. The number of likely N-dealkylation sites (N-methyl/N-ethyl adjacent to an activating group) is 1. The molecule has 1 amide bonds. The van der Waals surface area contributed by atoms with Gasteiger partial charge in [-0.05, 0) is 58.6 Å². The Morgan fingerprint density at radius 3 is 2.24 bits per heavy atom. The van der Waals surface area contributed by atoms with Crippen LogP contribution < -0.4 is 4.72 Å². The molecule has 8 nitrogen and oxygen atoms in total. The van der Waals surface area contributed by atoms with E-state index in [1.54, 1.807) is 20.8 Å². The van der Waals surface area contributed by atoms with E-state index >= 15 is 0 Å². The summed E-state index contributed by atoms with van der Waals surface area (Å²) in [7, 11) is -0.108. The van der Waals surface area contributed by atoms with Crippen molar-refractivity contribution in [2.45, 2.75) is 37.8 Å². The Balaban J connectivity index is 2.20. The summed E-state index contributed by atoms with van der Waals surface area (Å²) in [6.07, 6.45) is 0. The van der Waals surface area contributed by atoms with E-state index in [9.17, 15) is 18.0 Å². The van der Waals surface area contributed by atoms with Crippen LogP contribution in [0.15, 0.2) is 59.5 Å². The minimum Gasteiger partial charge on any atom is -0.459 e. The van der Waals surface area contributed by atoms with Gasteiger partial charge in [-0.2, -0.15) is 0 Å². The third-order valence-electron chi connectivity index (χ3n) is 4.54. The molecule has 0 unspecified atom stereocenters. The van der Waals surface area contributed by atoms with Gasteiger partial charge in [0.05, 0.1) is 4.90 Å². The van der Waals surface area contributed by atoms with Crippen molar-refractivity contribution in [1.82, 2.24) is 14.5 Å². The summed E-state index contributed by atoms with van der Waals surface area (Å²) in [4.78, 5) is 28.8. The SMILES string of the molecule is CN(C)CCN(CC(=O)OC(C)(C)C)C(=O)c1cccc(S(=O)(=O)NCc2ccccc2)c1. The van der Waals surface area contributed by atoms with Gasteiger partial charge in [-0.15, -0.1) is 0 Å². The fourth-order valence-corrected chi connectivity index (χ4v) is 4.00. The molecular formula is C24H33N3O5S. The standard InChI is InChI=1S/C24H33N3O5S/c1-24(2,3)32-22(28)18-27(15-14-26(4)5)23(29)20-12-9-13-21(16-20)33(30,31)25-17-19-10-7-6-8-11-19/h6-13,16,25H,14-15,17-18H2,1-5H3. The Kier molecular flexibility index (Phi) is 9.16. The molecule has 180 valence electrons. The van der Waals surface area contributed by atoms with Gasteiger partial charge >= 0.3 is 5.97 Å². The molecule has 0 aliphatic rings. The first-order valence-electron chi connectivity index (χ1n) is 10.7. The lowest BCUT2D eigenvalue weighted by Crippen LogP contribution is -2.42. The van der Waals surface area contributed by atoms with E-state index in [2.05, 4.69) is 4.72 Å². The number of carbonyl (C=O) groups excluding carboxylic acids is 2. The van der Waals surface area contributed by atoms with Crippen LogP contribution in [0.5, 0.6) is 0 Å². The summed E-state index contributed by atoms with van der Waals surface area (Å²) in [5.41, 5.74) is 0.326. The number of amides is 1. The second-order valence-corrected chi connectivity index (χ2v) is 10.7. The van der Waals surface area contributed by atoms with E-state index in [-0.39, 0.29) is 30.1 Å². The molecule has 0 atom stereocenters. The molecule has 2 aromatic carbocycles. The number of nitrogens with one attached hydrogen (secondary N) is 1. The fraction of sp³-hybridized carbons (Fsp3) is 0.417. The smallest absolute Gasteiger partial charge is 0.326 e. The van der Waals surface area contributed by atoms with Crippen LogP contribution >= 0.6 is 0 Å². The first kappa shape index (κ1) is 26.5. The maximum Gasteiger partial charge on any atom is 0.326 e. The maximum atomic E-state index is 13.2. The van der Waals surface area contributed by atoms with Crippen molar-refractivity contribution < 1.29 is 22.7 Å². The molecule has 0 aliphatic carbocycles. The van der Waals surface area contributed by atoms with Crippen molar-refractivity contribution >= 4 is 21.9 Å². The fourth-order valence-electron chi connectivity index (χ4n) is 2.94. The van der Waals surface area contributed by atoms with Gasteiger partial charge in [0, 0.05) is 25.2 Å². The first-order valence-corrected chi connectivity index (χ1v) is 12.2. The largest absolute Gasteiger partial charge is 0.459 e. The molecule has 2 rings (SSSR count). The normalized spacial score (nSPS) is 11.9. The Hall–Kier alpha value is -2.75. The van der Waals surface area contributed by atoms with Crippen molar-refractivity contribution in [2.24, 2.45) is 0 Å². The molecule has 1 N–H and O–H groups in total. The zero-order valence-corrected chi connectivity index (χ0v) is 20.7. The van der Waals surface area contributed by atoms with Crippen molar-refractivity contribution in [3.05, 3.63) is 65.7 Å².